The van der Waals surface area contributed by atoms with Crippen LogP contribution in [0.15, 0.2) is 66.0 Å². The molecule has 0 saturated carbocycles. The maximum absolute atomic E-state index is 12.9. The number of rotatable bonds is 5. The van der Waals surface area contributed by atoms with E-state index in [4.69, 9.17) is 4.74 Å². The van der Waals surface area contributed by atoms with Crippen molar-refractivity contribution in [3.05, 3.63) is 72.2 Å². The fraction of sp³-hybridized carbons (Fsp3) is 0.143. The zero-order chi connectivity index (χ0) is 20.6. The summed E-state index contributed by atoms with van der Waals surface area (Å²) in [7, 11) is -2.23. The monoisotopic (exact) mass is 408 g/mol. The van der Waals surface area contributed by atoms with Crippen LogP contribution < -0.4 is 9.46 Å². The van der Waals surface area contributed by atoms with Gasteiger partial charge in [-0.2, -0.15) is 0 Å². The first-order valence-electron chi connectivity index (χ1n) is 8.95. The first-order chi connectivity index (χ1) is 13.9. The second-order valence-corrected chi connectivity index (χ2v) is 8.37. The van der Waals surface area contributed by atoms with Crippen LogP contribution in [0.1, 0.15) is 11.1 Å². The molecule has 7 nitrogen and oxygen atoms in total. The molecule has 8 heteroatoms. The van der Waals surface area contributed by atoms with Crippen molar-refractivity contribution >= 4 is 21.5 Å². The van der Waals surface area contributed by atoms with E-state index in [1.54, 1.807) is 37.4 Å². The summed E-state index contributed by atoms with van der Waals surface area (Å²) in [5.41, 5.74) is 3.64. The van der Waals surface area contributed by atoms with Crippen LogP contribution >= 0.6 is 0 Å². The summed E-state index contributed by atoms with van der Waals surface area (Å²) in [6.07, 6.45) is 5.44. The van der Waals surface area contributed by atoms with Crippen molar-refractivity contribution in [3.8, 4) is 17.0 Å². The lowest BCUT2D eigenvalue weighted by atomic mass is 10.1. The Kier molecular flexibility index (Phi) is 4.71. The van der Waals surface area contributed by atoms with Gasteiger partial charge in [0.2, 0.25) is 5.78 Å². The summed E-state index contributed by atoms with van der Waals surface area (Å²) in [6, 6.07) is 12.2. The van der Waals surface area contributed by atoms with Crippen molar-refractivity contribution < 1.29 is 13.2 Å². The largest absolute Gasteiger partial charge is 0.496 e. The molecular formula is C21H20N4O3S. The van der Waals surface area contributed by atoms with E-state index >= 15 is 0 Å². The van der Waals surface area contributed by atoms with E-state index in [0.29, 0.717) is 22.8 Å². The fourth-order valence-electron chi connectivity index (χ4n) is 3.21. The Hall–Kier alpha value is -3.39. The molecule has 2 aromatic heterocycles. The van der Waals surface area contributed by atoms with Crippen molar-refractivity contribution in [2.45, 2.75) is 18.7 Å². The lowest BCUT2D eigenvalue weighted by molar-refractivity contribution is 0.410. The fourth-order valence-corrected chi connectivity index (χ4v) is 4.51. The zero-order valence-corrected chi connectivity index (χ0v) is 17.1. The minimum Gasteiger partial charge on any atom is -0.496 e. The number of sulfonamides is 1. The van der Waals surface area contributed by atoms with Gasteiger partial charge in [0.25, 0.3) is 10.0 Å². The number of nitrogens with one attached hydrogen (secondary N) is 1. The standard InChI is InChI=1S/C21H20N4O3S/c1-14-11-15(2)20(12-19(14)28-3)29(26,27)24-17-7-5-16(6-8-17)18-13-25-10-4-9-22-21(25)23-18/h4-13,24H,1-3H3. The second kappa shape index (κ2) is 7.21. The third-order valence-electron chi connectivity index (χ3n) is 4.65. The van der Waals surface area contributed by atoms with Gasteiger partial charge in [0.1, 0.15) is 5.75 Å². The number of imidazole rings is 1. The number of methoxy groups -OCH3 is 1. The van der Waals surface area contributed by atoms with Gasteiger partial charge in [0, 0.05) is 35.9 Å². The Labute approximate surface area is 169 Å². The van der Waals surface area contributed by atoms with Crippen LogP contribution in [0.3, 0.4) is 0 Å². The van der Waals surface area contributed by atoms with Crippen LogP contribution in [0, 0.1) is 13.8 Å². The van der Waals surface area contributed by atoms with E-state index in [1.165, 1.54) is 7.11 Å². The number of hydrogen-bond donors (Lipinski definition) is 1. The lowest BCUT2D eigenvalue weighted by Gasteiger charge is -2.13. The van der Waals surface area contributed by atoms with Gasteiger partial charge in [-0.25, -0.2) is 18.4 Å². The van der Waals surface area contributed by atoms with Gasteiger partial charge >= 0.3 is 0 Å². The van der Waals surface area contributed by atoms with Gasteiger partial charge < -0.3 is 4.74 Å². The Balaban J connectivity index is 1.61. The van der Waals surface area contributed by atoms with Crippen LogP contribution in [0.4, 0.5) is 5.69 Å². The molecule has 0 atom stereocenters. The molecule has 0 spiro atoms. The highest BCUT2D eigenvalue weighted by Crippen LogP contribution is 2.28. The van der Waals surface area contributed by atoms with E-state index in [9.17, 15) is 8.42 Å². The van der Waals surface area contributed by atoms with Crippen molar-refractivity contribution in [3.63, 3.8) is 0 Å². The summed E-state index contributed by atoms with van der Waals surface area (Å²) in [5, 5.41) is 0. The van der Waals surface area contributed by atoms with Crippen molar-refractivity contribution in [2.75, 3.05) is 11.8 Å². The molecule has 148 valence electrons. The topological polar surface area (TPSA) is 85.6 Å². The second-order valence-electron chi connectivity index (χ2n) is 6.72. The first-order valence-corrected chi connectivity index (χ1v) is 10.4. The molecule has 4 aromatic rings. The molecule has 0 saturated heterocycles. The summed E-state index contributed by atoms with van der Waals surface area (Å²) in [5.74, 6) is 1.14. The van der Waals surface area contributed by atoms with Gasteiger partial charge in [0.15, 0.2) is 0 Å². The van der Waals surface area contributed by atoms with Gasteiger partial charge in [-0.15, -0.1) is 0 Å². The molecule has 1 N–H and O–H groups in total. The average Bonchev–Trinajstić information content (AvgIpc) is 3.12. The number of nitrogens with zero attached hydrogens (tertiary/aromatic N) is 3. The predicted octanol–water partition coefficient (Wildman–Crippen LogP) is 3.82. The van der Waals surface area contributed by atoms with E-state index in [2.05, 4.69) is 14.7 Å². The molecule has 29 heavy (non-hydrogen) atoms. The number of aromatic nitrogens is 3. The number of anilines is 1. The number of hydrogen-bond acceptors (Lipinski definition) is 5. The average molecular weight is 408 g/mol. The highest BCUT2D eigenvalue weighted by Gasteiger charge is 2.19. The number of ether oxygens (including phenoxy) is 1. The SMILES string of the molecule is COc1cc(S(=O)(=O)Nc2ccc(-c3cn4cccnc4n3)cc2)c(C)cc1C. The maximum atomic E-state index is 12.9. The van der Waals surface area contributed by atoms with Crippen LogP contribution in [-0.2, 0) is 10.0 Å². The molecule has 4 rings (SSSR count). The van der Waals surface area contributed by atoms with Crippen LogP contribution in [0.25, 0.3) is 17.0 Å². The lowest BCUT2D eigenvalue weighted by Crippen LogP contribution is -2.14. The van der Waals surface area contributed by atoms with Gasteiger partial charge in [-0.3, -0.25) is 9.12 Å². The van der Waals surface area contributed by atoms with E-state index in [0.717, 1.165) is 16.8 Å². The molecule has 0 aliphatic carbocycles. The molecule has 2 aromatic carbocycles. The molecule has 0 aliphatic rings. The third-order valence-corrected chi connectivity index (χ3v) is 6.17. The molecular weight excluding hydrogens is 388 g/mol. The highest BCUT2D eigenvalue weighted by atomic mass is 32.2. The van der Waals surface area contributed by atoms with Crippen molar-refractivity contribution in [2.24, 2.45) is 0 Å². The summed E-state index contributed by atoms with van der Waals surface area (Å²) >= 11 is 0. The molecule has 0 bridgehead atoms. The summed E-state index contributed by atoms with van der Waals surface area (Å²) < 4.78 is 35.5. The third kappa shape index (κ3) is 3.66. The Morgan fingerprint density at radius 1 is 1.07 bits per heavy atom. The minimum atomic E-state index is -3.75. The normalized spacial score (nSPS) is 11.6. The molecule has 0 fully saturated rings. The van der Waals surface area contributed by atoms with Crippen LogP contribution in [0.5, 0.6) is 5.75 Å². The summed E-state index contributed by atoms with van der Waals surface area (Å²) in [4.78, 5) is 8.87. The Bertz CT molecular complexity index is 1260. The summed E-state index contributed by atoms with van der Waals surface area (Å²) in [6.45, 7) is 3.64. The predicted molar refractivity (Wildman–Crippen MR) is 112 cm³/mol. The number of fused-ring (bicyclic) bond motifs is 1. The van der Waals surface area contributed by atoms with Crippen molar-refractivity contribution in [1.29, 1.82) is 0 Å². The van der Waals surface area contributed by atoms with Crippen molar-refractivity contribution in [1.82, 2.24) is 14.4 Å². The van der Waals surface area contributed by atoms with Gasteiger partial charge in [-0.05, 0) is 43.2 Å². The van der Waals surface area contributed by atoms with E-state index < -0.39 is 10.0 Å². The Morgan fingerprint density at radius 3 is 2.52 bits per heavy atom. The van der Waals surface area contributed by atoms with Crippen LogP contribution in [-0.4, -0.2) is 29.9 Å². The number of benzene rings is 2. The number of aryl methyl sites for hydroxylation is 2. The molecule has 0 radical (unpaired) electrons. The smallest absolute Gasteiger partial charge is 0.262 e. The maximum Gasteiger partial charge on any atom is 0.262 e. The van der Waals surface area contributed by atoms with Gasteiger partial charge in [0.05, 0.1) is 17.7 Å². The Morgan fingerprint density at radius 2 is 1.83 bits per heavy atom. The van der Waals surface area contributed by atoms with E-state index in [-0.39, 0.29) is 4.90 Å². The molecule has 0 aliphatic heterocycles. The minimum absolute atomic E-state index is 0.190. The highest BCUT2D eigenvalue weighted by molar-refractivity contribution is 7.92. The van der Waals surface area contributed by atoms with Gasteiger partial charge in [-0.1, -0.05) is 18.2 Å². The quantitative estimate of drug-likeness (QED) is 0.543. The van der Waals surface area contributed by atoms with E-state index in [1.807, 2.05) is 41.9 Å². The molecule has 2 heterocycles. The van der Waals surface area contributed by atoms with Crippen LogP contribution in [0.2, 0.25) is 0 Å². The molecule has 0 unspecified atom stereocenters. The molecule has 0 amide bonds. The first kappa shape index (κ1) is 18.9. The zero-order valence-electron chi connectivity index (χ0n) is 16.2.